The Balaban J connectivity index is 1.82. The number of anilines is 1. The van der Waals surface area contributed by atoms with Gasteiger partial charge in [0.15, 0.2) is 0 Å². The van der Waals surface area contributed by atoms with E-state index in [4.69, 9.17) is 9.47 Å². The van der Waals surface area contributed by atoms with Crippen LogP contribution in [0.5, 0.6) is 5.75 Å². The highest BCUT2D eigenvalue weighted by molar-refractivity contribution is 6.13. The van der Waals surface area contributed by atoms with Gasteiger partial charge in [-0.1, -0.05) is 18.2 Å². The number of alkyl halides is 3. The normalized spacial score (nSPS) is 19.1. The average molecular weight is 506 g/mol. The summed E-state index contributed by atoms with van der Waals surface area (Å²) in [7, 11) is 1.53. The molecule has 11 heteroatoms. The molecule has 2 heterocycles. The second-order valence-electron chi connectivity index (χ2n) is 8.40. The molecule has 0 saturated heterocycles. The number of halogens is 3. The SMILES string of the molecule is CCOC(=O)[C@@H]1C[C@H]2CN(CCOC)C(=O)c3cccc(c32)N1C(=O)c1ccccc1OC(F)(F)F. The zero-order chi connectivity index (χ0) is 26.0. The summed E-state index contributed by atoms with van der Waals surface area (Å²) >= 11 is 0. The third kappa shape index (κ3) is 4.88. The van der Waals surface area contributed by atoms with E-state index < -0.39 is 30.0 Å². The number of para-hydroxylation sites is 1. The molecule has 8 nitrogen and oxygen atoms in total. The highest BCUT2D eigenvalue weighted by Crippen LogP contribution is 2.45. The maximum absolute atomic E-state index is 13.8. The first kappa shape index (κ1) is 25.5. The molecule has 0 unspecified atom stereocenters. The van der Waals surface area contributed by atoms with Gasteiger partial charge in [-0.25, -0.2) is 4.79 Å². The molecule has 0 aromatic heterocycles. The Labute approximate surface area is 205 Å². The largest absolute Gasteiger partial charge is 0.573 e. The molecular weight excluding hydrogens is 481 g/mol. The number of methoxy groups -OCH3 is 1. The van der Waals surface area contributed by atoms with Gasteiger partial charge >= 0.3 is 12.3 Å². The van der Waals surface area contributed by atoms with E-state index in [1.165, 1.54) is 25.3 Å². The third-order valence-corrected chi connectivity index (χ3v) is 6.21. The second kappa shape index (κ2) is 10.2. The molecule has 2 aromatic rings. The highest BCUT2D eigenvalue weighted by Gasteiger charge is 2.46. The summed E-state index contributed by atoms with van der Waals surface area (Å²) in [6.07, 6.45) is -4.89. The van der Waals surface area contributed by atoms with Crippen LogP contribution in [-0.2, 0) is 14.3 Å². The minimum absolute atomic E-state index is 0.0567. The number of esters is 1. The molecule has 2 aromatic carbocycles. The Morgan fingerprint density at radius 3 is 2.56 bits per heavy atom. The number of rotatable bonds is 7. The van der Waals surface area contributed by atoms with Crippen molar-refractivity contribution in [3.8, 4) is 5.75 Å². The van der Waals surface area contributed by atoms with Crippen LogP contribution in [0.1, 0.15) is 45.5 Å². The van der Waals surface area contributed by atoms with Crippen molar-refractivity contribution in [2.24, 2.45) is 0 Å². The lowest BCUT2D eigenvalue weighted by atomic mass is 9.79. The standard InChI is InChI=1S/C25H25F3N2O6/c1-3-35-24(33)19-13-15-14-29(11-12-34-2)22(31)17-8-6-9-18(21(15)17)30(19)23(32)16-7-4-5-10-20(16)36-25(26,27)28/h4-10,15,19H,3,11-14H2,1-2H3/t15-,19-/m0/s1. The van der Waals surface area contributed by atoms with E-state index in [-0.39, 0.29) is 36.1 Å². The van der Waals surface area contributed by atoms with Crippen LogP contribution in [0.3, 0.4) is 0 Å². The number of carbonyl (C=O) groups excluding carboxylic acids is 3. The second-order valence-corrected chi connectivity index (χ2v) is 8.40. The number of carbonyl (C=O) groups is 3. The van der Waals surface area contributed by atoms with Crippen LogP contribution in [0, 0.1) is 0 Å². The van der Waals surface area contributed by atoms with Gasteiger partial charge in [0.25, 0.3) is 11.8 Å². The Hall–Kier alpha value is -3.60. The fourth-order valence-corrected chi connectivity index (χ4v) is 4.80. The molecule has 2 amide bonds. The topological polar surface area (TPSA) is 85.4 Å². The number of benzene rings is 2. The van der Waals surface area contributed by atoms with Crippen molar-refractivity contribution >= 4 is 23.5 Å². The van der Waals surface area contributed by atoms with Gasteiger partial charge in [-0.2, -0.15) is 0 Å². The van der Waals surface area contributed by atoms with Crippen LogP contribution in [0.2, 0.25) is 0 Å². The lowest BCUT2D eigenvalue weighted by molar-refractivity contribution is -0.274. The van der Waals surface area contributed by atoms with Crippen molar-refractivity contribution in [3.05, 3.63) is 59.2 Å². The average Bonchev–Trinajstić information content (AvgIpc) is 2.84. The van der Waals surface area contributed by atoms with Crippen LogP contribution >= 0.6 is 0 Å². The molecule has 0 radical (unpaired) electrons. The summed E-state index contributed by atoms with van der Waals surface area (Å²) in [6.45, 7) is 2.66. The maximum Gasteiger partial charge on any atom is 0.573 e. The fourth-order valence-electron chi connectivity index (χ4n) is 4.80. The van der Waals surface area contributed by atoms with Gasteiger partial charge in [-0.3, -0.25) is 14.5 Å². The first-order valence-corrected chi connectivity index (χ1v) is 11.4. The molecule has 0 fully saturated rings. The van der Waals surface area contributed by atoms with Gasteiger partial charge in [0, 0.05) is 37.4 Å². The lowest BCUT2D eigenvalue weighted by Crippen LogP contribution is -2.53. The van der Waals surface area contributed by atoms with E-state index in [2.05, 4.69) is 4.74 Å². The number of nitrogens with zero attached hydrogens (tertiary/aromatic N) is 2. The first-order chi connectivity index (χ1) is 17.2. The van der Waals surface area contributed by atoms with E-state index in [1.54, 1.807) is 30.0 Å². The first-order valence-electron chi connectivity index (χ1n) is 11.4. The zero-order valence-electron chi connectivity index (χ0n) is 19.7. The van der Waals surface area contributed by atoms with Gasteiger partial charge in [0.2, 0.25) is 0 Å². The van der Waals surface area contributed by atoms with Crippen molar-refractivity contribution < 1.29 is 41.8 Å². The van der Waals surface area contributed by atoms with Gasteiger partial charge in [0.05, 0.1) is 18.8 Å². The molecule has 0 spiro atoms. The summed E-state index contributed by atoms with van der Waals surface area (Å²) in [4.78, 5) is 42.7. The van der Waals surface area contributed by atoms with Gasteiger partial charge in [-0.15, -0.1) is 13.2 Å². The van der Waals surface area contributed by atoms with Crippen LogP contribution in [0.25, 0.3) is 0 Å². The van der Waals surface area contributed by atoms with Gasteiger partial charge in [-0.05, 0) is 43.2 Å². The van der Waals surface area contributed by atoms with Gasteiger partial charge in [0.1, 0.15) is 11.8 Å². The van der Waals surface area contributed by atoms with Crippen LogP contribution in [0.4, 0.5) is 18.9 Å². The minimum atomic E-state index is -5.02. The Morgan fingerprint density at radius 2 is 1.86 bits per heavy atom. The van der Waals surface area contributed by atoms with Crippen molar-refractivity contribution in [1.29, 1.82) is 0 Å². The van der Waals surface area contributed by atoms with Crippen molar-refractivity contribution in [2.75, 3.05) is 38.3 Å². The fraction of sp³-hybridized carbons (Fsp3) is 0.400. The molecule has 192 valence electrons. The lowest BCUT2D eigenvalue weighted by Gasteiger charge is -2.44. The molecule has 4 rings (SSSR count). The monoisotopic (exact) mass is 506 g/mol. The zero-order valence-corrected chi connectivity index (χ0v) is 19.7. The molecule has 0 bridgehead atoms. The molecule has 0 saturated carbocycles. The predicted molar refractivity (Wildman–Crippen MR) is 122 cm³/mol. The number of hydrogen-bond donors (Lipinski definition) is 0. The van der Waals surface area contributed by atoms with Gasteiger partial charge < -0.3 is 19.1 Å². The number of ether oxygens (including phenoxy) is 3. The van der Waals surface area contributed by atoms with E-state index in [0.29, 0.717) is 30.8 Å². The smallest absolute Gasteiger partial charge is 0.464 e. The number of amides is 2. The Bertz CT molecular complexity index is 1170. The quantitative estimate of drug-likeness (QED) is 0.532. The number of hydrogen-bond acceptors (Lipinski definition) is 6. The Kier molecular flexibility index (Phi) is 7.21. The van der Waals surface area contributed by atoms with Crippen molar-refractivity contribution in [2.45, 2.75) is 31.7 Å². The molecule has 2 atom stereocenters. The summed E-state index contributed by atoms with van der Waals surface area (Å²) in [5.74, 6) is -2.77. The summed E-state index contributed by atoms with van der Waals surface area (Å²) in [5.41, 5.74) is 0.872. The maximum atomic E-state index is 13.8. The molecule has 0 N–H and O–H groups in total. The van der Waals surface area contributed by atoms with E-state index in [0.717, 1.165) is 11.0 Å². The molecular formula is C25H25F3N2O6. The summed E-state index contributed by atoms with van der Waals surface area (Å²) < 4.78 is 53.5. The van der Waals surface area contributed by atoms with Crippen LogP contribution in [-0.4, -0.2) is 68.5 Å². The third-order valence-electron chi connectivity index (χ3n) is 6.21. The molecule has 2 aliphatic rings. The van der Waals surface area contributed by atoms with E-state index in [1.807, 2.05) is 0 Å². The van der Waals surface area contributed by atoms with E-state index in [9.17, 15) is 27.6 Å². The Morgan fingerprint density at radius 1 is 1.11 bits per heavy atom. The van der Waals surface area contributed by atoms with Crippen LogP contribution < -0.4 is 9.64 Å². The molecule has 36 heavy (non-hydrogen) atoms. The summed E-state index contributed by atoms with van der Waals surface area (Å²) in [6, 6.07) is 8.64. The van der Waals surface area contributed by atoms with Crippen molar-refractivity contribution in [1.82, 2.24) is 4.90 Å². The molecule has 2 aliphatic heterocycles. The highest BCUT2D eigenvalue weighted by atomic mass is 19.4. The summed E-state index contributed by atoms with van der Waals surface area (Å²) in [5, 5.41) is 0. The van der Waals surface area contributed by atoms with Crippen molar-refractivity contribution in [3.63, 3.8) is 0 Å². The minimum Gasteiger partial charge on any atom is -0.464 e. The van der Waals surface area contributed by atoms with Crippen LogP contribution in [0.15, 0.2) is 42.5 Å². The molecule has 0 aliphatic carbocycles. The predicted octanol–water partition coefficient (Wildman–Crippen LogP) is 3.75. The van der Waals surface area contributed by atoms with E-state index >= 15 is 0 Å².